The summed E-state index contributed by atoms with van der Waals surface area (Å²) in [5.74, 6) is 0.366. The van der Waals surface area contributed by atoms with Crippen molar-refractivity contribution in [3.05, 3.63) is 68.3 Å². The van der Waals surface area contributed by atoms with E-state index < -0.39 is 11.6 Å². The minimum Gasteiger partial charge on any atom is -0.391 e. The largest absolute Gasteiger partial charge is 0.391 e. The molecule has 0 saturated heterocycles. The Hall–Kier alpha value is -3.21. The first-order valence-corrected chi connectivity index (χ1v) is 14.0. The third-order valence-electron chi connectivity index (χ3n) is 7.15. The zero-order valence-corrected chi connectivity index (χ0v) is 23.1. The molecule has 2 aromatic heterocycles. The van der Waals surface area contributed by atoms with E-state index in [0.717, 1.165) is 28.3 Å². The number of aliphatic hydroxyl groups excluding tert-OH is 1. The number of hydrogen-bond donors (Lipinski definition) is 4. The third-order valence-corrected chi connectivity index (χ3v) is 8.29. The van der Waals surface area contributed by atoms with E-state index >= 15 is 0 Å². The van der Waals surface area contributed by atoms with Gasteiger partial charge >= 0.3 is 0 Å². The standard InChI is InChI=1S/C27H31ClN6O3S/c1-4-16(35)10-31-24(29)23-25(36)33-38-26(23)32-20-12-30-11-19(14(20)3)27(37)34-21-8-13(2)7-17(15-5-6-15)18(21)9-22(34)28/h7-8,11-12,15-16,22,32,35H,4-6,9-10H2,1-3H3,(H2,29,31)(H,33,36). The first-order valence-electron chi connectivity index (χ1n) is 12.7. The summed E-state index contributed by atoms with van der Waals surface area (Å²) < 4.78 is 2.67. The van der Waals surface area contributed by atoms with E-state index in [1.54, 1.807) is 17.3 Å². The van der Waals surface area contributed by atoms with E-state index in [2.05, 4.69) is 25.7 Å². The number of amides is 1. The maximum Gasteiger partial charge on any atom is 0.271 e. The number of fused-ring (bicyclic) bond motifs is 1. The summed E-state index contributed by atoms with van der Waals surface area (Å²) >= 11 is 7.84. The average Bonchev–Trinajstić information content (AvgIpc) is 3.60. The van der Waals surface area contributed by atoms with Gasteiger partial charge in [-0.1, -0.05) is 24.6 Å². The number of carbonyl (C=O) groups excluding carboxylic acids is 1. The van der Waals surface area contributed by atoms with Gasteiger partial charge in [-0.2, -0.15) is 0 Å². The van der Waals surface area contributed by atoms with Crippen molar-refractivity contribution in [1.82, 2.24) is 9.36 Å². The number of nitrogens with two attached hydrogens (primary N) is 1. The van der Waals surface area contributed by atoms with E-state index in [-0.39, 0.29) is 29.4 Å². The number of aryl methyl sites for hydroxylation is 1. The molecule has 9 nitrogen and oxygen atoms in total. The molecular weight excluding hydrogens is 524 g/mol. The minimum absolute atomic E-state index is 0.0286. The van der Waals surface area contributed by atoms with Crippen LogP contribution in [-0.4, -0.2) is 44.4 Å². The Morgan fingerprint density at radius 1 is 1.37 bits per heavy atom. The number of aliphatic hydroxyl groups is 1. The fraction of sp³-hybridized carbons (Fsp3) is 0.407. The van der Waals surface area contributed by atoms with Gasteiger partial charge < -0.3 is 16.2 Å². The number of nitrogens with one attached hydrogen (secondary N) is 2. The topological polar surface area (TPSA) is 137 Å². The molecule has 38 heavy (non-hydrogen) atoms. The van der Waals surface area contributed by atoms with Crippen molar-refractivity contribution >= 4 is 51.3 Å². The van der Waals surface area contributed by atoms with Crippen molar-refractivity contribution in [3.63, 3.8) is 0 Å². The number of pyridine rings is 1. The quantitative estimate of drug-likeness (QED) is 0.142. The fourth-order valence-corrected chi connectivity index (χ4v) is 5.93. The van der Waals surface area contributed by atoms with Gasteiger partial charge in [-0.05, 0) is 78.9 Å². The Morgan fingerprint density at radius 3 is 2.84 bits per heavy atom. The van der Waals surface area contributed by atoms with Crippen LogP contribution >= 0.6 is 23.1 Å². The molecule has 5 N–H and O–H groups in total. The third kappa shape index (κ3) is 4.95. The average molecular weight is 555 g/mol. The number of amidine groups is 1. The number of rotatable bonds is 8. The van der Waals surface area contributed by atoms with Crippen molar-refractivity contribution in [2.24, 2.45) is 10.7 Å². The lowest BCUT2D eigenvalue weighted by atomic mass is 9.98. The lowest BCUT2D eigenvalue weighted by molar-refractivity contribution is 0.0985. The number of anilines is 3. The summed E-state index contributed by atoms with van der Waals surface area (Å²) in [5.41, 5.74) is 11.5. The second-order valence-electron chi connectivity index (χ2n) is 9.95. The Labute approximate surface area is 229 Å². The Balaban J connectivity index is 1.45. The predicted octanol–water partition coefficient (Wildman–Crippen LogP) is 4.31. The lowest BCUT2D eigenvalue weighted by Gasteiger charge is -2.23. The number of aliphatic imine (C=N–C) groups is 1. The van der Waals surface area contributed by atoms with Crippen molar-refractivity contribution in [3.8, 4) is 0 Å². The number of nitrogens with zero attached hydrogens (tertiary/aromatic N) is 3. The molecule has 3 heterocycles. The summed E-state index contributed by atoms with van der Waals surface area (Å²) in [6, 6.07) is 4.26. The first-order chi connectivity index (χ1) is 18.2. The summed E-state index contributed by atoms with van der Waals surface area (Å²) in [6.07, 6.45) is 6.00. The fourth-order valence-electron chi connectivity index (χ4n) is 4.82. The molecule has 0 radical (unpaired) electrons. The molecule has 1 saturated carbocycles. The van der Waals surface area contributed by atoms with E-state index in [1.165, 1.54) is 18.4 Å². The molecule has 2 atom stereocenters. The molecular formula is C27H31ClN6O3S. The van der Waals surface area contributed by atoms with Crippen LogP contribution in [0, 0.1) is 13.8 Å². The van der Waals surface area contributed by atoms with Crippen LogP contribution in [0.25, 0.3) is 0 Å². The van der Waals surface area contributed by atoms with E-state index in [1.807, 2.05) is 26.8 Å². The molecule has 0 spiro atoms. The molecule has 1 aliphatic heterocycles. The van der Waals surface area contributed by atoms with Gasteiger partial charge in [0.25, 0.3) is 11.5 Å². The number of aromatic nitrogens is 2. The highest BCUT2D eigenvalue weighted by molar-refractivity contribution is 7.10. The molecule has 1 fully saturated rings. The molecule has 1 aromatic carbocycles. The summed E-state index contributed by atoms with van der Waals surface area (Å²) in [5, 5.41) is 13.5. The highest BCUT2D eigenvalue weighted by Gasteiger charge is 2.38. The highest BCUT2D eigenvalue weighted by Crippen LogP contribution is 2.48. The number of hydrogen-bond acceptors (Lipinski definition) is 7. The summed E-state index contributed by atoms with van der Waals surface area (Å²) in [4.78, 5) is 36.5. The minimum atomic E-state index is -0.637. The van der Waals surface area contributed by atoms with Crippen molar-refractivity contribution in [2.75, 3.05) is 16.8 Å². The van der Waals surface area contributed by atoms with Crippen molar-refractivity contribution in [2.45, 2.75) is 64.0 Å². The molecule has 200 valence electrons. The molecule has 5 rings (SSSR count). The highest BCUT2D eigenvalue weighted by atomic mass is 35.5. The van der Waals surface area contributed by atoms with Crippen LogP contribution in [0.15, 0.2) is 34.3 Å². The SMILES string of the molecule is CCC(O)CN=C(N)c1c(Nc2cncc(C(=O)N3c4cc(C)cc(C5CC5)c4CC3Cl)c2C)s[nH]c1=O. The molecule has 2 aliphatic rings. The Kier molecular flexibility index (Phi) is 7.30. The van der Waals surface area contributed by atoms with Gasteiger partial charge in [0.1, 0.15) is 21.9 Å². The molecule has 3 aromatic rings. The normalized spacial score (nSPS) is 18.0. The molecule has 11 heteroatoms. The van der Waals surface area contributed by atoms with Crippen LogP contribution in [0.2, 0.25) is 0 Å². The lowest BCUT2D eigenvalue weighted by Crippen LogP contribution is -2.35. The number of alkyl halides is 1. The molecule has 1 aliphatic carbocycles. The van der Waals surface area contributed by atoms with E-state index in [4.69, 9.17) is 17.3 Å². The Bertz CT molecular complexity index is 1480. The number of aromatic amines is 1. The summed E-state index contributed by atoms with van der Waals surface area (Å²) in [7, 11) is 0. The maximum atomic E-state index is 13.9. The van der Waals surface area contributed by atoms with Gasteiger partial charge in [-0.3, -0.25) is 28.8 Å². The second-order valence-corrected chi connectivity index (χ2v) is 11.3. The number of halogens is 1. The first kappa shape index (κ1) is 26.4. The van der Waals surface area contributed by atoms with Crippen LogP contribution in [0.1, 0.15) is 70.3 Å². The van der Waals surface area contributed by atoms with E-state index in [0.29, 0.717) is 40.6 Å². The van der Waals surface area contributed by atoms with Gasteiger partial charge in [0.05, 0.1) is 30.1 Å². The van der Waals surface area contributed by atoms with Crippen LogP contribution in [0.5, 0.6) is 0 Å². The zero-order valence-electron chi connectivity index (χ0n) is 21.5. The number of H-pyrrole nitrogens is 1. The zero-order chi connectivity index (χ0) is 27.1. The molecule has 0 bridgehead atoms. The smallest absolute Gasteiger partial charge is 0.271 e. The molecule has 2 unspecified atom stereocenters. The van der Waals surface area contributed by atoms with Gasteiger partial charge in [0, 0.05) is 18.3 Å². The molecule has 1 amide bonds. The maximum absolute atomic E-state index is 13.9. The van der Waals surface area contributed by atoms with Crippen LogP contribution < -0.4 is 21.5 Å². The van der Waals surface area contributed by atoms with Crippen LogP contribution in [0.3, 0.4) is 0 Å². The monoisotopic (exact) mass is 554 g/mol. The summed E-state index contributed by atoms with van der Waals surface area (Å²) in [6.45, 7) is 5.81. The number of carbonyl (C=O) groups is 1. The van der Waals surface area contributed by atoms with Gasteiger partial charge in [-0.25, -0.2) is 0 Å². The van der Waals surface area contributed by atoms with Gasteiger partial charge in [0.2, 0.25) is 0 Å². The van der Waals surface area contributed by atoms with Crippen molar-refractivity contribution < 1.29 is 9.90 Å². The van der Waals surface area contributed by atoms with Crippen molar-refractivity contribution in [1.29, 1.82) is 0 Å². The Morgan fingerprint density at radius 2 is 2.13 bits per heavy atom. The number of benzene rings is 1. The van der Waals surface area contributed by atoms with Gasteiger partial charge in [0.15, 0.2) is 0 Å². The van der Waals surface area contributed by atoms with Crippen LogP contribution in [0.4, 0.5) is 16.4 Å². The second kappa shape index (κ2) is 10.5. The van der Waals surface area contributed by atoms with E-state index in [9.17, 15) is 14.7 Å². The predicted molar refractivity (Wildman–Crippen MR) is 152 cm³/mol. The van der Waals surface area contributed by atoms with Crippen LogP contribution in [-0.2, 0) is 6.42 Å². The van der Waals surface area contributed by atoms with Gasteiger partial charge in [-0.15, -0.1) is 0 Å².